The van der Waals surface area contributed by atoms with Gasteiger partial charge >= 0.3 is 0 Å². The van der Waals surface area contributed by atoms with Crippen LogP contribution in [0.3, 0.4) is 0 Å². The topological polar surface area (TPSA) is 28.4 Å². The van der Waals surface area contributed by atoms with Gasteiger partial charge in [-0.2, -0.15) is 0 Å². The van der Waals surface area contributed by atoms with Gasteiger partial charge in [-0.15, -0.1) is 0 Å². The molecule has 3 heteroatoms. The Kier molecular flexibility index (Phi) is 1.81. The molecular formula is C9H14N2O. The van der Waals surface area contributed by atoms with Crippen molar-refractivity contribution in [2.45, 2.75) is 12.5 Å². The van der Waals surface area contributed by atoms with Crippen molar-refractivity contribution in [3.05, 3.63) is 17.9 Å². The summed E-state index contributed by atoms with van der Waals surface area (Å²) in [6.45, 7) is 1.11. The molecule has 12 heavy (non-hydrogen) atoms. The molecule has 1 aliphatic heterocycles. The second-order valence-electron chi connectivity index (χ2n) is 3.37. The fraction of sp³-hybridized carbons (Fsp3) is 0.556. The molecule has 0 bridgehead atoms. The molecule has 0 saturated carbocycles. The van der Waals surface area contributed by atoms with Crippen molar-refractivity contribution in [3.8, 4) is 0 Å². The molecular weight excluding hydrogens is 152 g/mol. The van der Waals surface area contributed by atoms with E-state index in [0.717, 1.165) is 18.2 Å². The first kappa shape index (κ1) is 7.68. The summed E-state index contributed by atoms with van der Waals surface area (Å²) in [5.41, 5.74) is 0. The Balaban J connectivity index is 2.12. The number of hydrogen-bond acceptors (Lipinski definition) is 3. The maximum absolute atomic E-state index is 5.61. The summed E-state index contributed by atoms with van der Waals surface area (Å²) in [6.07, 6.45) is 1.19. The molecule has 1 aromatic rings. The lowest BCUT2D eigenvalue weighted by Gasteiger charge is -2.25. The van der Waals surface area contributed by atoms with E-state index >= 15 is 0 Å². The molecule has 0 amide bonds. The minimum absolute atomic E-state index is 0.457. The van der Waals surface area contributed by atoms with Crippen molar-refractivity contribution in [2.24, 2.45) is 0 Å². The van der Waals surface area contributed by atoms with Crippen molar-refractivity contribution in [2.75, 3.05) is 25.5 Å². The molecule has 2 heterocycles. The highest BCUT2D eigenvalue weighted by molar-refractivity contribution is 5.34. The number of hydrogen-bond donors (Lipinski definition) is 1. The highest BCUT2D eigenvalue weighted by Crippen LogP contribution is 2.27. The van der Waals surface area contributed by atoms with Crippen molar-refractivity contribution in [1.82, 2.24) is 5.32 Å². The Labute approximate surface area is 72.4 Å². The Bertz CT molecular complexity index is 263. The van der Waals surface area contributed by atoms with Gasteiger partial charge < -0.3 is 14.6 Å². The first-order chi connectivity index (χ1) is 5.77. The van der Waals surface area contributed by atoms with Crippen LogP contribution in [-0.2, 0) is 0 Å². The lowest BCUT2D eigenvalue weighted by molar-refractivity contribution is 0.321. The zero-order valence-electron chi connectivity index (χ0n) is 7.50. The third kappa shape index (κ3) is 1.20. The maximum Gasteiger partial charge on any atom is 0.195 e. The number of nitrogens with zero attached hydrogens (tertiary/aromatic N) is 1. The molecule has 3 nitrogen and oxygen atoms in total. The van der Waals surface area contributed by atoms with Gasteiger partial charge in [-0.05, 0) is 19.0 Å². The zero-order valence-corrected chi connectivity index (χ0v) is 7.50. The Morgan fingerprint density at radius 1 is 1.50 bits per heavy atom. The van der Waals surface area contributed by atoms with E-state index in [2.05, 4.69) is 5.32 Å². The summed E-state index contributed by atoms with van der Waals surface area (Å²) in [4.78, 5) is 1.97. The van der Waals surface area contributed by atoms with Crippen molar-refractivity contribution in [3.63, 3.8) is 0 Å². The minimum atomic E-state index is 0.457. The molecule has 1 aromatic heterocycles. The van der Waals surface area contributed by atoms with Crippen LogP contribution in [0, 0.1) is 0 Å². The summed E-state index contributed by atoms with van der Waals surface area (Å²) >= 11 is 0. The van der Waals surface area contributed by atoms with Crippen molar-refractivity contribution < 1.29 is 4.42 Å². The van der Waals surface area contributed by atoms with Crippen LogP contribution in [0.5, 0.6) is 0 Å². The molecule has 0 aromatic carbocycles. The van der Waals surface area contributed by atoms with E-state index < -0.39 is 0 Å². The quantitative estimate of drug-likeness (QED) is 0.719. The highest BCUT2D eigenvalue weighted by Gasteiger charge is 2.21. The van der Waals surface area contributed by atoms with E-state index in [1.54, 1.807) is 0 Å². The molecule has 1 saturated heterocycles. The summed E-state index contributed by atoms with van der Waals surface area (Å²) in [6, 6.07) is 4.51. The average Bonchev–Trinajstić information content (AvgIpc) is 2.32. The molecule has 0 aliphatic carbocycles. The molecule has 0 spiro atoms. The molecule has 1 aliphatic rings. The predicted molar refractivity (Wildman–Crippen MR) is 48.4 cm³/mol. The van der Waals surface area contributed by atoms with E-state index in [1.807, 2.05) is 31.1 Å². The third-order valence-corrected chi connectivity index (χ3v) is 2.22. The lowest BCUT2D eigenvalue weighted by atomic mass is 10.1. The summed E-state index contributed by atoms with van der Waals surface area (Å²) in [5, 5.41) is 3.30. The largest absolute Gasteiger partial charge is 0.444 e. The summed E-state index contributed by atoms with van der Waals surface area (Å²) in [7, 11) is 3.97. The van der Waals surface area contributed by atoms with Gasteiger partial charge in [-0.3, -0.25) is 0 Å². The van der Waals surface area contributed by atoms with Crippen LogP contribution in [0.1, 0.15) is 18.2 Å². The van der Waals surface area contributed by atoms with E-state index in [0.29, 0.717) is 6.04 Å². The Morgan fingerprint density at radius 2 is 2.25 bits per heavy atom. The van der Waals surface area contributed by atoms with Crippen LogP contribution in [-0.4, -0.2) is 20.6 Å². The van der Waals surface area contributed by atoms with Crippen LogP contribution in [0.2, 0.25) is 0 Å². The Morgan fingerprint density at radius 3 is 2.67 bits per heavy atom. The molecule has 2 rings (SSSR count). The molecule has 1 N–H and O–H groups in total. The van der Waals surface area contributed by atoms with Gasteiger partial charge in [0.05, 0.1) is 6.04 Å². The molecule has 0 unspecified atom stereocenters. The number of anilines is 1. The fourth-order valence-corrected chi connectivity index (χ4v) is 1.30. The van der Waals surface area contributed by atoms with Crippen LogP contribution in [0.25, 0.3) is 0 Å². The number of nitrogens with one attached hydrogen (secondary N) is 1. The predicted octanol–water partition coefficient (Wildman–Crippen LogP) is 1.38. The SMILES string of the molecule is CN(C)c1ccc([C@@H]2CCN2)o1. The monoisotopic (exact) mass is 166 g/mol. The van der Waals surface area contributed by atoms with E-state index in [1.165, 1.54) is 6.42 Å². The van der Waals surface area contributed by atoms with E-state index in [4.69, 9.17) is 4.42 Å². The fourth-order valence-electron chi connectivity index (χ4n) is 1.30. The van der Waals surface area contributed by atoms with Gasteiger partial charge in [0.2, 0.25) is 0 Å². The smallest absolute Gasteiger partial charge is 0.195 e. The van der Waals surface area contributed by atoms with Gasteiger partial charge in [0.15, 0.2) is 5.88 Å². The Hall–Kier alpha value is -0.960. The summed E-state index contributed by atoms with van der Waals surface area (Å²) < 4.78 is 5.61. The zero-order chi connectivity index (χ0) is 8.55. The van der Waals surface area contributed by atoms with Crippen LogP contribution in [0.4, 0.5) is 5.88 Å². The second kappa shape index (κ2) is 2.83. The van der Waals surface area contributed by atoms with E-state index in [9.17, 15) is 0 Å². The maximum atomic E-state index is 5.61. The molecule has 0 radical (unpaired) electrons. The number of rotatable bonds is 2. The minimum Gasteiger partial charge on any atom is -0.444 e. The normalized spacial score (nSPS) is 22.0. The van der Waals surface area contributed by atoms with E-state index in [-0.39, 0.29) is 0 Å². The standard InChI is InChI=1S/C9H14N2O/c1-11(2)9-4-3-8(12-9)7-5-6-10-7/h3-4,7,10H,5-6H2,1-2H3/t7-/m0/s1. The third-order valence-electron chi connectivity index (χ3n) is 2.22. The van der Waals surface area contributed by atoms with Gasteiger partial charge in [0.1, 0.15) is 5.76 Å². The molecule has 1 atom stereocenters. The molecule has 66 valence electrons. The van der Waals surface area contributed by atoms with Gasteiger partial charge in [-0.1, -0.05) is 0 Å². The van der Waals surface area contributed by atoms with Gasteiger partial charge in [-0.25, -0.2) is 0 Å². The second-order valence-corrected chi connectivity index (χ2v) is 3.37. The van der Waals surface area contributed by atoms with Gasteiger partial charge in [0, 0.05) is 20.2 Å². The first-order valence-corrected chi connectivity index (χ1v) is 4.28. The first-order valence-electron chi connectivity index (χ1n) is 4.28. The number of furan rings is 1. The summed E-state index contributed by atoms with van der Waals surface area (Å²) in [5.74, 6) is 1.99. The van der Waals surface area contributed by atoms with Crippen molar-refractivity contribution >= 4 is 5.88 Å². The van der Waals surface area contributed by atoms with Crippen LogP contribution < -0.4 is 10.2 Å². The highest BCUT2D eigenvalue weighted by atomic mass is 16.4. The lowest BCUT2D eigenvalue weighted by Crippen LogP contribution is -2.34. The van der Waals surface area contributed by atoms with Crippen LogP contribution >= 0.6 is 0 Å². The van der Waals surface area contributed by atoms with Gasteiger partial charge in [0.25, 0.3) is 0 Å². The van der Waals surface area contributed by atoms with Crippen molar-refractivity contribution in [1.29, 1.82) is 0 Å². The molecule has 1 fully saturated rings. The van der Waals surface area contributed by atoms with Crippen LogP contribution in [0.15, 0.2) is 16.5 Å². The average molecular weight is 166 g/mol.